The van der Waals surface area contributed by atoms with Crippen LogP contribution in [0.5, 0.6) is 5.75 Å². The van der Waals surface area contributed by atoms with E-state index in [0.717, 1.165) is 11.1 Å². The maximum absolute atomic E-state index is 14.3. The van der Waals surface area contributed by atoms with Crippen LogP contribution in [0.1, 0.15) is 31.9 Å². The zero-order chi connectivity index (χ0) is 18.1. The van der Waals surface area contributed by atoms with Gasteiger partial charge in [0.05, 0.1) is 6.61 Å². The molecular formula is C18H26FNO3Si. The predicted molar refractivity (Wildman–Crippen MR) is 95.9 cm³/mol. The molecule has 0 saturated heterocycles. The van der Waals surface area contributed by atoms with Crippen LogP contribution in [0.2, 0.25) is 18.1 Å². The van der Waals surface area contributed by atoms with Gasteiger partial charge in [0.1, 0.15) is 11.6 Å². The minimum atomic E-state index is -1.84. The Morgan fingerprint density at radius 3 is 2.58 bits per heavy atom. The molecule has 0 fully saturated rings. The highest BCUT2D eigenvalue weighted by Crippen LogP contribution is 2.38. The fourth-order valence-electron chi connectivity index (χ4n) is 2.27. The Morgan fingerprint density at radius 1 is 1.33 bits per heavy atom. The van der Waals surface area contributed by atoms with E-state index < -0.39 is 14.2 Å². The first-order valence-electron chi connectivity index (χ1n) is 8.06. The number of primary amides is 1. The Morgan fingerprint density at radius 2 is 2.00 bits per heavy atom. The molecule has 132 valence electrons. The molecule has 1 aliphatic carbocycles. The minimum absolute atomic E-state index is 0.139. The van der Waals surface area contributed by atoms with Gasteiger partial charge in [0.2, 0.25) is 0 Å². The molecule has 4 nitrogen and oxygen atoms in total. The molecule has 0 radical (unpaired) electrons. The molecule has 0 bridgehead atoms. The number of hydrogen-bond acceptors (Lipinski definition) is 3. The van der Waals surface area contributed by atoms with Crippen LogP contribution in [-0.2, 0) is 15.6 Å². The van der Waals surface area contributed by atoms with Crippen molar-refractivity contribution in [2.75, 3.05) is 13.2 Å². The molecule has 24 heavy (non-hydrogen) atoms. The molecule has 0 saturated carbocycles. The number of fused-ring (bicyclic) bond motifs is 1. The lowest BCUT2D eigenvalue weighted by atomic mass is 10.1. The van der Waals surface area contributed by atoms with E-state index >= 15 is 0 Å². The largest absolute Gasteiger partial charge is 0.484 e. The summed E-state index contributed by atoms with van der Waals surface area (Å²) in [5.74, 6) is -0.603. The van der Waals surface area contributed by atoms with Gasteiger partial charge in [0.25, 0.3) is 5.91 Å². The Hall–Kier alpha value is -1.66. The molecule has 0 aromatic heterocycles. The summed E-state index contributed by atoms with van der Waals surface area (Å²) in [5.41, 5.74) is 7.53. The summed E-state index contributed by atoms with van der Waals surface area (Å²) in [7, 11) is -1.84. The number of benzene rings is 1. The van der Waals surface area contributed by atoms with Gasteiger partial charge >= 0.3 is 0 Å². The van der Waals surface area contributed by atoms with E-state index in [9.17, 15) is 9.18 Å². The molecule has 1 aromatic carbocycles. The molecule has 1 amide bonds. The first-order valence-corrected chi connectivity index (χ1v) is 11.0. The van der Waals surface area contributed by atoms with Crippen molar-refractivity contribution in [2.45, 2.75) is 45.3 Å². The zero-order valence-electron chi connectivity index (χ0n) is 15.0. The molecule has 0 spiro atoms. The lowest BCUT2D eigenvalue weighted by Gasteiger charge is -2.36. The monoisotopic (exact) mass is 351 g/mol. The van der Waals surface area contributed by atoms with Gasteiger partial charge in [-0.25, -0.2) is 4.39 Å². The summed E-state index contributed by atoms with van der Waals surface area (Å²) in [6.45, 7) is 11.2. The third kappa shape index (κ3) is 4.24. The highest BCUT2D eigenvalue weighted by atomic mass is 28.4. The number of ether oxygens (including phenoxy) is 1. The minimum Gasteiger partial charge on any atom is -0.484 e. The number of halogens is 1. The van der Waals surface area contributed by atoms with Crippen molar-refractivity contribution < 1.29 is 18.3 Å². The van der Waals surface area contributed by atoms with Crippen LogP contribution in [0.3, 0.4) is 0 Å². The molecule has 0 unspecified atom stereocenters. The second-order valence-electron chi connectivity index (χ2n) is 7.76. The molecule has 1 aromatic rings. The Labute approximate surface area is 144 Å². The first kappa shape index (κ1) is 18.7. The topological polar surface area (TPSA) is 61.6 Å². The van der Waals surface area contributed by atoms with Crippen molar-refractivity contribution in [2.24, 2.45) is 5.73 Å². The van der Waals surface area contributed by atoms with Gasteiger partial charge in [-0.1, -0.05) is 26.8 Å². The smallest absolute Gasteiger partial charge is 0.255 e. The van der Waals surface area contributed by atoms with Crippen molar-refractivity contribution >= 4 is 20.3 Å². The Kier molecular flexibility index (Phi) is 5.20. The maximum atomic E-state index is 14.3. The Balaban J connectivity index is 2.09. The molecule has 0 heterocycles. The van der Waals surface area contributed by atoms with Gasteiger partial charge in [-0.15, -0.1) is 0 Å². The number of amides is 1. The van der Waals surface area contributed by atoms with Gasteiger partial charge < -0.3 is 14.9 Å². The summed E-state index contributed by atoms with van der Waals surface area (Å²) in [4.78, 5) is 10.8. The van der Waals surface area contributed by atoms with Crippen LogP contribution in [0.15, 0.2) is 17.7 Å². The quantitative estimate of drug-likeness (QED) is 0.796. The molecular weight excluding hydrogens is 325 g/mol. The number of rotatable bonds is 6. The van der Waals surface area contributed by atoms with E-state index in [1.165, 1.54) is 6.07 Å². The lowest BCUT2D eigenvalue weighted by Crippen LogP contribution is -2.41. The summed E-state index contributed by atoms with van der Waals surface area (Å²) < 4.78 is 25.7. The number of nitrogens with two attached hydrogens (primary N) is 1. The first-order chi connectivity index (χ1) is 11.0. The van der Waals surface area contributed by atoms with E-state index in [4.69, 9.17) is 14.9 Å². The van der Waals surface area contributed by atoms with Crippen molar-refractivity contribution in [3.63, 3.8) is 0 Å². The standard InChI is InChI=1S/C18H26FNO3Si/c1-18(2,3)24(4,5)23-10-12-6-13-8-14(22-11-17(20)21)9-16(19)15(13)7-12/h6,8-9H,7,10-11H2,1-5H3,(H2,20,21). The average Bonchev–Trinajstić information content (AvgIpc) is 2.85. The molecule has 0 aliphatic heterocycles. The number of hydrogen-bond donors (Lipinski definition) is 1. The Bertz CT molecular complexity index is 678. The van der Waals surface area contributed by atoms with Gasteiger partial charge in [0.15, 0.2) is 14.9 Å². The molecule has 1 aliphatic rings. The van der Waals surface area contributed by atoms with Crippen molar-refractivity contribution in [1.29, 1.82) is 0 Å². The van der Waals surface area contributed by atoms with Gasteiger partial charge in [-0.2, -0.15) is 0 Å². The van der Waals surface area contributed by atoms with E-state index in [-0.39, 0.29) is 17.5 Å². The molecule has 2 N–H and O–H groups in total. The van der Waals surface area contributed by atoms with Crippen LogP contribution < -0.4 is 10.5 Å². The SMILES string of the molecule is CC(C)(C)[Si](C)(C)OCC1=Cc2cc(OCC(N)=O)cc(F)c2C1. The van der Waals surface area contributed by atoms with Gasteiger partial charge in [-0.05, 0) is 47.3 Å². The third-order valence-corrected chi connectivity index (χ3v) is 9.25. The van der Waals surface area contributed by atoms with Gasteiger partial charge in [-0.3, -0.25) is 4.79 Å². The van der Waals surface area contributed by atoms with Crippen LogP contribution in [0.25, 0.3) is 6.08 Å². The second-order valence-corrected chi connectivity index (χ2v) is 12.6. The highest BCUT2D eigenvalue weighted by molar-refractivity contribution is 6.74. The van der Waals surface area contributed by atoms with Crippen LogP contribution >= 0.6 is 0 Å². The van der Waals surface area contributed by atoms with Crippen molar-refractivity contribution in [3.8, 4) is 5.75 Å². The average molecular weight is 351 g/mol. The van der Waals surface area contributed by atoms with Crippen LogP contribution in [0.4, 0.5) is 4.39 Å². The predicted octanol–water partition coefficient (Wildman–Crippen LogP) is 3.65. The van der Waals surface area contributed by atoms with Crippen LogP contribution in [-0.4, -0.2) is 27.4 Å². The van der Waals surface area contributed by atoms with E-state index in [0.29, 0.717) is 24.3 Å². The van der Waals surface area contributed by atoms with E-state index in [2.05, 4.69) is 33.9 Å². The lowest BCUT2D eigenvalue weighted by molar-refractivity contribution is -0.119. The maximum Gasteiger partial charge on any atom is 0.255 e. The number of carbonyl (C=O) groups excluding carboxylic acids is 1. The zero-order valence-corrected chi connectivity index (χ0v) is 16.0. The summed E-state index contributed by atoms with van der Waals surface area (Å²) in [5, 5.41) is 0.139. The third-order valence-electron chi connectivity index (χ3n) is 4.77. The second kappa shape index (κ2) is 6.68. The van der Waals surface area contributed by atoms with Crippen molar-refractivity contribution in [3.05, 3.63) is 34.6 Å². The highest BCUT2D eigenvalue weighted by Gasteiger charge is 2.37. The normalized spacial score (nSPS) is 14.3. The van der Waals surface area contributed by atoms with E-state index in [1.807, 2.05) is 6.08 Å². The summed E-state index contributed by atoms with van der Waals surface area (Å²) in [6, 6.07) is 3.04. The number of carbonyl (C=O) groups is 1. The van der Waals surface area contributed by atoms with Crippen molar-refractivity contribution in [1.82, 2.24) is 0 Å². The van der Waals surface area contributed by atoms with E-state index in [1.54, 1.807) is 6.07 Å². The van der Waals surface area contributed by atoms with Gasteiger partial charge in [0, 0.05) is 6.07 Å². The molecule has 6 heteroatoms. The molecule has 0 atom stereocenters. The fourth-order valence-corrected chi connectivity index (χ4v) is 3.24. The molecule has 2 rings (SSSR count). The van der Waals surface area contributed by atoms with Crippen LogP contribution in [0, 0.1) is 5.82 Å². The summed E-state index contributed by atoms with van der Waals surface area (Å²) in [6.07, 6.45) is 2.49. The fraction of sp³-hybridized carbons (Fsp3) is 0.500. The summed E-state index contributed by atoms with van der Waals surface area (Å²) >= 11 is 0.